The van der Waals surface area contributed by atoms with Crippen LogP contribution in [0.25, 0.3) is 27.2 Å². The summed E-state index contributed by atoms with van der Waals surface area (Å²) in [5.74, 6) is -4.98. The van der Waals surface area contributed by atoms with Crippen molar-refractivity contribution < 1.29 is 21.6 Å². The van der Waals surface area contributed by atoms with Crippen LogP contribution in [0.15, 0.2) is 48.3 Å². The SMILES string of the molecule is Cc1c(C)c(-n2c(=O)c3cc4c(=O)n(C)c(=O)c4cc3c2=O)c(C)c(S(=O)(=O)Nc2cc(F)c(F)c(F)c2)c1C. The number of nitrogens with one attached hydrogen (secondary N) is 1. The molecule has 3 aromatic carbocycles. The zero-order valence-corrected chi connectivity index (χ0v) is 22.5. The molecule has 2 aromatic heterocycles. The molecule has 0 aliphatic heterocycles. The van der Waals surface area contributed by atoms with Crippen LogP contribution in [0, 0.1) is 45.1 Å². The molecule has 0 saturated heterocycles. The molecule has 0 radical (unpaired) electrons. The summed E-state index contributed by atoms with van der Waals surface area (Å²) in [6.07, 6.45) is 0. The van der Waals surface area contributed by atoms with Crippen molar-refractivity contribution in [2.75, 3.05) is 4.72 Å². The number of anilines is 1. The van der Waals surface area contributed by atoms with Crippen LogP contribution in [0.5, 0.6) is 0 Å². The van der Waals surface area contributed by atoms with E-state index in [9.17, 15) is 40.8 Å². The highest BCUT2D eigenvalue weighted by atomic mass is 32.2. The lowest BCUT2D eigenvalue weighted by Gasteiger charge is -2.21. The van der Waals surface area contributed by atoms with Crippen molar-refractivity contribution in [1.29, 1.82) is 0 Å². The Balaban J connectivity index is 1.81. The van der Waals surface area contributed by atoms with Crippen LogP contribution in [0.1, 0.15) is 22.3 Å². The van der Waals surface area contributed by atoms with Crippen LogP contribution in [-0.4, -0.2) is 17.6 Å². The van der Waals surface area contributed by atoms with Crippen molar-refractivity contribution in [3.8, 4) is 5.69 Å². The fourth-order valence-corrected chi connectivity index (χ4v) is 6.74. The summed E-state index contributed by atoms with van der Waals surface area (Å²) in [5.41, 5.74) is -2.51. The van der Waals surface area contributed by atoms with E-state index in [1.807, 2.05) is 4.72 Å². The third-order valence-electron chi connectivity index (χ3n) is 7.34. The molecule has 0 spiro atoms. The van der Waals surface area contributed by atoms with E-state index in [1.165, 1.54) is 33.0 Å². The topological polar surface area (TPSA) is 124 Å². The summed E-state index contributed by atoms with van der Waals surface area (Å²) in [6.45, 7) is 6.01. The van der Waals surface area contributed by atoms with Crippen LogP contribution in [-0.2, 0) is 17.1 Å². The van der Waals surface area contributed by atoms with E-state index in [1.54, 1.807) is 13.8 Å². The van der Waals surface area contributed by atoms with Gasteiger partial charge in [0, 0.05) is 19.2 Å². The summed E-state index contributed by atoms with van der Waals surface area (Å²) in [4.78, 5) is 51.6. The Morgan fingerprint density at radius 3 is 1.57 bits per heavy atom. The molecule has 206 valence electrons. The number of sulfonamides is 1. The Bertz CT molecular complexity index is 2180. The molecule has 0 fully saturated rings. The van der Waals surface area contributed by atoms with Crippen LogP contribution < -0.4 is 27.0 Å². The Kier molecular flexibility index (Phi) is 5.92. The molecule has 5 aromatic rings. The molecule has 0 unspecified atom stereocenters. The molecule has 0 amide bonds. The van der Waals surface area contributed by atoms with Gasteiger partial charge in [0.05, 0.1) is 37.8 Å². The van der Waals surface area contributed by atoms with E-state index in [4.69, 9.17) is 0 Å². The monoisotopic (exact) mass is 571 g/mol. The molecule has 5 rings (SSSR count). The predicted octanol–water partition coefficient (Wildman–Crippen LogP) is 2.89. The second-order valence-electron chi connectivity index (χ2n) is 9.60. The number of halogens is 3. The first-order valence-corrected chi connectivity index (χ1v) is 13.2. The largest absolute Gasteiger partial charge is 0.279 e. The van der Waals surface area contributed by atoms with E-state index >= 15 is 0 Å². The van der Waals surface area contributed by atoms with Crippen molar-refractivity contribution in [2.45, 2.75) is 32.6 Å². The Hall–Kier alpha value is -4.52. The zero-order valence-electron chi connectivity index (χ0n) is 21.7. The number of hydrogen-bond acceptors (Lipinski definition) is 6. The second-order valence-corrected chi connectivity index (χ2v) is 11.2. The first kappa shape index (κ1) is 27.1. The van der Waals surface area contributed by atoms with Crippen molar-refractivity contribution in [3.05, 3.63) is 105 Å². The minimum Gasteiger partial charge on any atom is -0.279 e. The third-order valence-corrected chi connectivity index (χ3v) is 8.99. The van der Waals surface area contributed by atoms with Crippen LogP contribution in [0.3, 0.4) is 0 Å². The van der Waals surface area contributed by atoms with Gasteiger partial charge >= 0.3 is 0 Å². The van der Waals surface area contributed by atoms with Gasteiger partial charge in [-0.25, -0.2) is 26.2 Å². The average Bonchev–Trinajstić information content (AvgIpc) is 3.24. The smallest absolute Gasteiger partial charge is 0.266 e. The number of benzene rings is 3. The maximum absolute atomic E-state index is 13.8. The fourth-order valence-electron chi connectivity index (χ4n) is 5.16. The molecular formula is C27H20F3N3O6S. The van der Waals surface area contributed by atoms with Crippen molar-refractivity contribution in [3.63, 3.8) is 0 Å². The number of rotatable bonds is 4. The summed E-state index contributed by atoms with van der Waals surface area (Å²) in [6, 6.07) is 3.31. The first-order valence-electron chi connectivity index (χ1n) is 11.7. The molecule has 0 saturated carbocycles. The number of fused-ring (bicyclic) bond motifs is 2. The van der Waals surface area contributed by atoms with Gasteiger partial charge in [0.2, 0.25) is 0 Å². The Morgan fingerprint density at radius 2 is 1.10 bits per heavy atom. The number of aromatic nitrogens is 2. The lowest BCUT2D eigenvalue weighted by molar-refractivity contribution is 0.448. The molecule has 0 atom stereocenters. The maximum Gasteiger partial charge on any atom is 0.266 e. The van der Waals surface area contributed by atoms with Crippen molar-refractivity contribution >= 4 is 37.3 Å². The van der Waals surface area contributed by atoms with Gasteiger partial charge in [0.1, 0.15) is 0 Å². The van der Waals surface area contributed by atoms with E-state index in [0.717, 1.165) is 9.13 Å². The van der Waals surface area contributed by atoms with Gasteiger partial charge in [0.25, 0.3) is 32.3 Å². The molecule has 13 heteroatoms. The summed E-state index contributed by atoms with van der Waals surface area (Å²) >= 11 is 0. The number of nitrogens with zero attached hydrogens (tertiary/aromatic N) is 2. The molecule has 2 heterocycles. The molecular weight excluding hydrogens is 551 g/mol. The Morgan fingerprint density at radius 1 is 0.650 bits per heavy atom. The second kappa shape index (κ2) is 8.74. The fraction of sp³-hybridized carbons (Fsp3) is 0.185. The zero-order chi connectivity index (χ0) is 29.6. The van der Waals surface area contributed by atoms with Crippen molar-refractivity contribution in [2.24, 2.45) is 7.05 Å². The van der Waals surface area contributed by atoms with E-state index in [2.05, 4.69) is 0 Å². The third kappa shape index (κ3) is 3.64. The quantitative estimate of drug-likeness (QED) is 0.331. The molecule has 9 nitrogen and oxygen atoms in total. The summed E-state index contributed by atoms with van der Waals surface area (Å²) in [5, 5.41) is -0.322. The highest BCUT2D eigenvalue weighted by molar-refractivity contribution is 7.92. The van der Waals surface area contributed by atoms with Gasteiger partial charge in [-0.1, -0.05) is 0 Å². The highest BCUT2D eigenvalue weighted by Crippen LogP contribution is 2.33. The van der Waals surface area contributed by atoms with Gasteiger partial charge in [0.15, 0.2) is 17.5 Å². The summed E-state index contributed by atoms with van der Waals surface area (Å²) in [7, 11) is -3.32. The van der Waals surface area contributed by atoms with Crippen LogP contribution in [0.2, 0.25) is 0 Å². The molecule has 40 heavy (non-hydrogen) atoms. The number of hydrogen-bond donors (Lipinski definition) is 1. The summed E-state index contributed by atoms with van der Waals surface area (Å²) < 4.78 is 71.6. The lowest BCUT2D eigenvalue weighted by atomic mass is 9.98. The average molecular weight is 572 g/mol. The van der Waals surface area contributed by atoms with E-state index in [-0.39, 0.29) is 43.3 Å². The van der Waals surface area contributed by atoms with Gasteiger partial charge in [-0.05, 0) is 62.1 Å². The minimum absolute atomic E-state index is 0.0231. The van der Waals surface area contributed by atoms with Gasteiger partial charge in [-0.3, -0.25) is 28.5 Å². The maximum atomic E-state index is 13.8. The standard InChI is InChI=1S/C27H20F3N3O6S/c1-10-11(2)22(13(4)23(12(10)3)40(38,39)31-14-6-19(28)21(30)20(29)7-14)33-26(36)17-8-15-16(9-18(17)27(33)37)25(35)32(5)24(15)34/h6-9,31H,1-5H3. The normalized spacial score (nSPS) is 12.1. The van der Waals surface area contributed by atoms with Crippen molar-refractivity contribution in [1.82, 2.24) is 9.13 Å². The van der Waals surface area contributed by atoms with E-state index < -0.39 is 55.4 Å². The Labute approximate surface area is 223 Å². The molecule has 0 aliphatic carbocycles. The van der Waals surface area contributed by atoms with Crippen LogP contribution in [0.4, 0.5) is 18.9 Å². The molecule has 0 bridgehead atoms. The lowest BCUT2D eigenvalue weighted by Crippen LogP contribution is -2.27. The highest BCUT2D eigenvalue weighted by Gasteiger charge is 2.29. The van der Waals surface area contributed by atoms with Crippen LogP contribution >= 0.6 is 0 Å². The van der Waals surface area contributed by atoms with Gasteiger partial charge in [-0.15, -0.1) is 0 Å². The first-order chi connectivity index (χ1) is 18.6. The predicted molar refractivity (Wildman–Crippen MR) is 143 cm³/mol. The molecule has 1 N–H and O–H groups in total. The van der Waals surface area contributed by atoms with Gasteiger partial charge in [-0.2, -0.15) is 0 Å². The molecule has 0 aliphatic rings. The van der Waals surface area contributed by atoms with E-state index in [0.29, 0.717) is 23.3 Å². The minimum atomic E-state index is -4.59. The van der Waals surface area contributed by atoms with Gasteiger partial charge < -0.3 is 0 Å².